The number of urea groups is 1. The summed E-state index contributed by atoms with van der Waals surface area (Å²) in [5.41, 5.74) is 6.15. The lowest BCUT2D eigenvalue weighted by Crippen LogP contribution is -2.49. The van der Waals surface area contributed by atoms with Gasteiger partial charge in [0.2, 0.25) is 10.0 Å². The van der Waals surface area contributed by atoms with E-state index < -0.39 is 27.8 Å². The summed E-state index contributed by atoms with van der Waals surface area (Å²) in [5, 5.41) is 0. The number of carbonyl (C=O) groups is 2. The molecule has 0 saturated carbocycles. The van der Waals surface area contributed by atoms with Crippen molar-refractivity contribution in [2.45, 2.75) is 18.2 Å². The van der Waals surface area contributed by atoms with E-state index in [0.717, 1.165) is 17.7 Å². The minimum Gasteiger partial charge on any atom is -0.322 e. The number of hydrazine groups is 1. The van der Waals surface area contributed by atoms with Crippen molar-refractivity contribution in [2.75, 3.05) is 26.2 Å². The molecule has 0 bridgehead atoms. The number of aryl methyl sites for hydroxylation is 1. The Morgan fingerprint density at radius 3 is 2.23 bits per heavy atom. The molecule has 2 aromatic rings. The number of nitrogens with one attached hydrogen (secondary N) is 2. The molecule has 10 heteroatoms. The first-order valence-electron chi connectivity index (χ1n) is 9.45. The minimum absolute atomic E-state index is 0.00663. The second kappa shape index (κ2) is 9.23. The number of nitrogens with zero attached hydrogens (tertiary/aromatic N) is 2. The average molecular weight is 434 g/mol. The Morgan fingerprint density at radius 1 is 0.900 bits per heavy atom. The number of amides is 3. The molecule has 3 amide bonds. The second-order valence-corrected chi connectivity index (χ2v) is 8.89. The zero-order chi connectivity index (χ0) is 21.7. The van der Waals surface area contributed by atoms with Gasteiger partial charge < -0.3 is 4.90 Å². The Hall–Kier alpha value is -2.98. The van der Waals surface area contributed by atoms with Crippen LogP contribution in [0.15, 0.2) is 53.4 Å². The molecular formula is C20H23FN4O4S. The number of hydrogen-bond donors (Lipinski definition) is 2. The maximum Gasteiger partial charge on any atom is 0.336 e. The largest absolute Gasteiger partial charge is 0.336 e. The lowest BCUT2D eigenvalue weighted by Gasteiger charge is -2.22. The molecule has 3 rings (SSSR count). The van der Waals surface area contributed by atoms with Crippen LogP contribution in [-0.4, -0.2) is 55.7 Å². The van der Waals surface area contributed by atoms with Crippen LogP contribution < -0.4 is 10.9 Å². The molecular weight excluding hydrogens is 411 g/mol. The third kappa shape index (κ3) is 5.14. The Bertz CT molecular complexity index is 1010. The van der Waals surface area contributed by atoms with E-state index in [1.165, 1.54) is 21.3 Å². The molecule has 1 heterocycles. The van der Waals surface area contributed by atoms with Crippen LogP contribution in [0.1, 0.15) is 22.3 Å². The summed E-state index contributed by atoms with van der Waals surface area (Å²) in [6, 6.07) is 11.0. The van der Waals surface area contributed by atoms with Gasteiger partial charge in [0.1, 0.15) is 5.82 Å². The van der Waals surface area contributed by atoms with Crippen molar-refractivity contribution < 1.29 is 22.4 Å². The zero-order valence-electron chi connectivity index (χ0n) is 16.5. The van der Waals surface area contributed by atoms with E-state index in [1.807, 2.05) is 6.92 Å². The number of halogens is 1. The molecule has 0 radical (unpaired) electrons. The summed E-state index contributed by atoms with van der Waals surface area (Å²) in [6.45, 7) is 2.73. The van der Waals surface area contributed by atoms with Gasteiger partial charge in [-0.25, -0.2) is 23.0 Å². The normalized spacial score (nSPS) is 15.3. The molecule has 2 N–H and O–H groups in total. The van der Waals surface area contributed by atoms with Crippen molar-refractivity contribution >= 4 is 22.0 Å². The summed E-state index contributed by atoms with van der Waals surface area (Å²) in [4.78, 5) is 26.0. The van der Waals surface area contributed by atoms with Crippen LogP contribution in [0.25, 0.3) is 0 Å². The SMILES string of the molecule is Cc1ccc(C(=O)NNC(=O)N2CCCN(S(=O)(=O)c3ccc(F)cc3)CC2)cc1. The summed E-state index contributed by atoms with van der Waals surface area (Å²) in [7, 11) is -3.78. The van der Waals surface area contributed by atoms with Crippen LogP contribution in [0, 0.1) is 12.7 Å². The number of rotatable bonds is 3. The van der Waals surface area contributed by atoms with E-state index >= 15 is 0 Å². The fourth-order valence-electron chi connectivity index (χ4n) is 3.06. The molecule has 1 aliphatic heterocycles. The monoisotopic (exact) mass is 434 g/mol. The van der Waals surface area contributed by atoms with Crippen molar-refractivity contribution in [1.82, 2.24) is 20.1 Å². The van der Waals surface area contributed by atoms with E-state index in [9.17, 15) is 22.4 Å². The Morgan fingerprint density at radius 2 is 1.57 bits per heavy atom. The molecule has 160 valence electrons. The Labute approximate surface area is 174 Å². The third-order valence-electron chi connectivity index (χ3n) is 4.79. The van der Waals surface area contributed by atoms with Gasteiger partial charge in [-0.15, -0.1) is 0 Å². The van der Waals surface area contributed by atoms with E-state index in [-0.39, 0.29) is 24.5 Å². The number of benzene rings is 2. The summed E-state index contributed by atoms with van der Waals surface area (Å²) in [6.07, 6.45) is 0.430. The number of carbonyl (C=O) groups excluding carboxylic acids is 2. The molecule has 0 spiro atoms. The first kappa shape index (κ1) is 21.7. The molecule has 1 fully saturated rings. The predicted octanol–water partition coefficient (Wildman–Crippen LogP) is 1.89. The van der Waals surface area contributed by atoms with Crippen LogP contribution in [-0.2, 0) is 10.0 Å². The van der Waals surface area contributed by atoms with Gasteiger partial charge in [-0.05, 0) is 49.7 Å². The highest BCUT2D eigenvalue weighted by Crippen LogP contribution is 2.18. The van der Waals surface area contributed by atoms with Crippen LogP contribution in [0.4, 0.5) is 9.18 Å². The van der Waals surface area contributed by atoms with Crippen LogP contribution in [0.5, 0.6) is 0 Å². The van der Waals surface area contributed by atoms with Crippen molar-refractivity contribution in [1.29, 1.82) is 0 Å². The lowest BCUT2D eigenvalue weighted by molar-refractivity contribution is 0.0930. The van der Waals surface area contributed by atoms with E-state index in [2.05, 4.69) is 10.9 Å². The van der Waals surface area contributed by atoms with Gasteiger partial charge in [-0.3, -0.25) is 10.2 Å². The highest BCUT2D eigenvalue weighted by molar-refractivity contribution is 7.89. The van der Waals surface area contributed by atoms with Crippen molar-refractivity contribution in [3.63, 3.8) is 0 Å². The summed E-state index contributed by atoms with van der Waals surface area (Å²) < 4.78 is 39.9. The maximum absolute atomic E-state index is 13.1. The van der Waals surface area contributed by atoms with Gasteiger partial charge >= 0.3 is 6.03 Å². The summed E-state index contributed by atoms with van der Waals surface area (Å²) in [5.74, 6) is -0.959. The molecule has 0 aliphatic carbocycles. The van der Waals surface area contributed by atoms with E-state index in [1.54, 1.807) is 24.3 Å². The van der Waals surface area contributed by atoms with Crippen molar-refractivity contribution in [3.05, 3.63) is 65.5 Å². The smallest absolute Gasteiger partial charge is 0.322 e. The third-order valence-corrected chi connectivity index (χ3v) is 6.70. The van der Waals surface area contributed by atoms with Gasteiger partial charge in [0.25, 0.3) is 5.91 Å². The molecule has 8 nitrogen and oxygen atoms in total. The highest BCUT2D eigenvalue weighted by Gasteiger charge is 2.28. The first-order valence-corrected chi connectivity index (χ1v) is 10.9. The average Bonchev–Trinajstić information content (AvgIpc) is 2.99. The van der Waals surface area contributed by atoms with Gasteiger partial charge in [0, 0.05) is 31.7 Å². The van der Waals surface area contributed by atoms with E-state index in [0.29, 0.717) is 18.5 Å². The standard InChI is InChI=1S/C20H23FN4O4S/c1-15-3-5-16(6-4-15)19(26)22-23-20(27)24-11-2-12-25(14-13-24)30(28,29)18-9-7-17(21)8-10-18/h3-10H,2,11-14H2,1H3,(H,22,26)(H,23,27). The molecule has 0 aromatic heterocycles. The molecule has 2 aromatic carbocycles. The fourth-order valence-corrected chi connectivity index (χ4v) is 4.53. The Balaban J connectivity index is 1.56. The zero-order valence-corrected chi connectivity index (χ0v) is 17.3. The topological polar surface area (TPSA) is 98.8 Å². The van der Waals surface area contributed by atoms with Crippen LogP contribution >= 0.6 is 0 Å². The molecule has 1 aliphatic rings. The van der Waals surface area contributed by atoms with Gasteiger partial charge in [-0.2, -0.15) is 4.31 Å². The quantitative estimate of drug-likeness (QED) is 0.721. The first-order chi connectivity index (χ1) is 14.3. The summed E-state index contributed by atoms with van der Waals surface area (Å²) >= 11 is 0. The predicted molar refractivity (Wildman–Crippen MR) is 109 cm³/mol. The van der Waals surface area contributed by atoms with Gasteiger partial charge in [0.05, 0.1) is 4.90 Å². The van der Waals surface area contributed by atoms with E-state index in [4.69, 9.17) is 0 Å². The maximum atomic E-state index is 13.1. The molecule has 0 unspecified atom stereocenters. The minimum atomic E-state index is -3.78. The van der Waals surface area contributed by atoms with Gasteiger partial charge in [0.15, 0.2) is 0 Å². The number of hydrogen-bond acceptors (Lipinski definition) is 4. The van der Waals surface area contributed by atoms with Gasteiger partial charge in [-0.1, -0.05) is 17.7 Å². The second-order valence-electron chi connectivity index (χ2n) is 6.95. The number of sulfonamides is 1. The lowest BCUT2D eigenvalue weighted by atomic mass is 10.1. The molecule has 1 saturated heterocycles. The van der Waals surface area contributed by atoms with Crippen molar-refractivity contribution in [2.24, 2.45) is 0 Å². The Kier molecular flexibility index (Phi) is 6.68. The van der Waals surface area contributed by atoms with Crippen LogP contribution in [0.3, 0.4) is 0 Å². The molecule has 30 heavy (non-hydrogen) atoms. The highest BCUT2D eigenvalue weighted by atomic mass is 32.2. The van der Waals surface area contributed by atoms with Crippen LogP contribution in [0.2, 0.25) is 0 Å². The fraction of sp³-hybridized carbons (Fsp3) is 0.300. The molecule has 0 atom stereocenters. The van der Waals surface area contributed by atoms with Crippen molar-refractivity contribution in [3.8, 4) is 0 Å².